The molecule has 1 aromatic heterocycles. The number of aliphatic hydroxyl groups excluding tert-OH is 1. The highest BCUT2D eigenvalue weighted by atomic mass is 32.2. The van der Waals surface area contributed by atoms with Crippen LogP contribution in [0.25, 0.3) is 0 Å². The van der Waals surface area contributed by atoms with Crippen molar-refractivity contribution in [3.63, 3.8) is 0 Å². The summed E-state index contributed by atoms with van der Waals surface area (Å²) in [5.41, 5.74) is -0.0759. The van der Waals surface area contributed by atoms with E-state index in [0.29, 0.717) is 15.7 Å². The van der Waals surface area contributed by atoms with Crippen LogP contribution >= 0.6 is 11.8 Å². The van der Waals surface area contributed by atoms with Crippen molar-refractivity contribution in [3.05, 3.63) is 57.2 Å². The molecule has 13 heteroatoms. The van der Waals surface area contributed by atoms with Crippen molar-refractivity contribution < 1.29 is 32.5 Å². The fourth-order valence-corrected chi connectivity index (χ4v) is 5.69. The molecule has 0 radical (unpaired) electrons. The number of hydrogen-bond donors (Lipinski definition) is 3. The fourth-order valence-electron chi connectivity index (χ4n) is 4.72. The van der Waals surface area contributed by atoms with Gasteiger partial charge in [0.05, 0.1) is 29.3 Å². The van der Waals surface area contributed by atoms with Crippen molar-refractivity contribution in [2.24, 2.45) is 0 Å². The Labute approximate surface area is 234 Å². The molecule has 0 spiro atoms. The molecule has 218 valence electrons. The number of H-pyrrole nitrogens is 1. The molecule has 4 rings (SSSR count). The number of hydrogen-bond acceptors (Lipinski definition) is 8. The summed E-state index contributed by atoms with van der Waals surface area (Å²) < 4.78 is 54.5. The zero-order chi connectivity index (χ0) is 29.4. The lowest BCUT2D eigenvalue weighted by Gasteiger charge is -2.40. The summed E-state index contributed by atoms with van der Waals surface area (Å²) in [6.07, 6.45) is 1.42. The Morgan fingerprint density at radius 3 is 2.65 bits per heavy atom. The highest BCUT2D eigenvalue weighted by Gasteiger charge is 2.47. The van der Waals surface area contributed by atoms with E-state index in [2.05, 4.69) is 21.9 Å². The molecule has 2 aromatic rings. The maximum Gasteiger partial charge on any atom is 0.404 e. The van der Waals surface area contributed by atoms with Crippen LogP contribution in [0.3, 0.4) is 0 Å². The number of ether oxygens (including phenoxy) is 2. The van der Waals surface area contributed by atoms with E-state index < -0.39 is 48.4 Å². The number of aromatic amines is 1. The minimum absolute atomic E-state index is 0.0315. The zero-order valence-corrected chi connectivity index (χ0v) is 23.5. The number of nitrogens with one attached hydrogen (secondary N) is 2. The number of carbonyl (C=O) groups is 1. The Bertz CT molecular complexity index is 1350. The number of thioether (sulfide) groups is 1. The number of likely N-dealkylation sites (tertiary alicyclic amines) is 1. The summed E-state index contributed by atoms with van der Waals surface area (Å²) in [5, 5.41) is 12.4. The van der Waals surface area contributed by atoms with Crippen molar-refractivity contribution in [1.29, 1.82) is 0 Å². The number of aliphatic hydroxyl groups is 1. The number of nitrogens with zero attached hydrogens (tertiary/aromatic N) is 2. The minimum atomic E-state index is -3.12. The van der Waals surface area contributed by atoms with Crippen molar-refractivity contribution in [2.75, 3.05) is 13.1 Å². The van der Waals surface area contributed by atoms with Crippen molar-refractivity contribution in [2.45, 2.75) is 81.9 Å². The van der Waals surface area contributed by atoms with E-state index in [1.54, 1.807) is 24.0 Å². The van der Waals surface area contributed by atoms with Gasteiger partial charge in [-0.2, -0.15) is 4.39 Å². The van der Waals surface area contributed by atoms with E-state index in [1.165, 1.54) is 18.7 Å². The van der Waals surface area contributed by atoms with Crippen molar-refractivity contribution in [3.8, 4) is 11.5 Å². The standard InChI is InChI=1S/C27H33F3N4O5S/c1-6-14(2)17-9-21-22(39-26(5,28)38-21)10-23(17)40-16(4)32-24(36)15(3)34-8-7-27(29,30)18(12-34)19-11-31-25(37)20(13-35)33-19/h9-11,14-15,18,35H,4,6-8,12-13H2,1-3,5H3,(H,31,37)(H,32,36). The number of halogens is 3. The highest BCUT2D eigenvalue weighted by molar-refractivity contribution is 8.03. The van der Waals surface area contributed by atoms with Crippen LogP contribution in [0.15, 0.2) is 39.6 Å². The molecule has 0 bridgehead atoms. The van der Waals surface area contributed by atoms with Gasteiger partial charge in [-0.15, -0.1) is 0 Å². The summed E-state index contributed by atoms with van der Waals surface area (Å²) in [6, 6.07) is 0.332. The molecular weight excluding hydrogens is 549 g/mol. The molecular formula is C27H33F3N4O5S. The molecule has 9 nitrogen and oxygen atoms in total. The molecule has 4 unspecified atom stereocenters. The Hall–Kier alpha value is -3.03. The minimum Gasteiger partial charge on any atom is -0.423 e. The normalized spacial score (nSPS) is 23.4. The lowest BCUT2D eigenvalue weighted by molar-refractivity contribution is -0.173. The third-order valence-electron chi connectivity index (χ3n) is 7.27. The van der Waals surface area contributed by atoms with Gasteiger partial charge < -0.3 is 24.9 Å². The maximum atomic E-state index is 14.9. The van der Waals surface area contributed by atoms with Gasteiger partial charge in [0, 0.05) is 37.5 Å². The van der Waals surface area contributed by atoms with Crippen molar-refractivity contribution in [1.82, 2.24) is 20.2 Å². The average molecular weight is 583 g/mol. The molecule has 3 N–H and O–H groups in total. The van der Waals surface area contributed by atoms with Crippen LogP contribution in [-0.2, 0) is 11.4 Å². The van der Waals surface area contributed by atoms with Crippen molar-refractivity contribution >= 4 is 17.7 Å². The first-order valence-corrected chi connectivity index (χ1v) is 13.8. The van der Waals surface area contributed by atoms with E-state index in [1.807, 2.05) is 13.8 Å². The van der Waals surface area contributed by atoms with Gasteiger partial charge in [-0.3, -0.25) is 14.5 Å². The van der Waals surface area contributed by atoms with Crippen LogP contribution in [0.1, 0.15) is 69.3 Å². The summed E-state index contributed by atoms with van der Waals surface area (Å²) in [7, 11) is 0. The second-order valence-electron chi connectivity index (χ2n) is 10.2. The van der Waals surface area contributed by atoms with Crippen LogP contribution in [0.5, 0.6) is 11.5 Å². The third-order valence-corrected chi connectivity index (χ3v) is 8.19. The topological polar surface area (TPSA) is 117 Å². The number of aromatic nitrogens is 2. The average Bonchev–Trinajstić information content (AvgIpc) is 3.20. The van der Waals surface area contributed by atoms with E-state index in [4.69, 9.17) is 9.47 Å². The lowest BCUT2D eigenvalue weighted by Crippen LogP contribution is -2.53. The van der Waals surface area contributed by atoms with E-state index >= 15 is 0 Å². The monoisotopic (exact) mass is 582 g/mol. The van der Waals surface area contributed by atoms with Gasteiger partial charge in [0.2, 0.25) is 5.91 Å². The molecule has 1 saturated heterocycles. The van der Waals surface area contributed by atoms with Gasteiger partial charge in [-0.05, 0) is 37.0 Å². The highest BCUT2D eigenvalue weighted by Crippen LogP contribution is 2.47. The molecule has 4 atom stereocenters. The first-order valence-electron chi connectivity index (χ1n) is 13.0. The van der Waals surface area contributed by atoms with Gasteiger partial charge in [-0.25, -0.2) is 13.8 Å². The van der Waals surface area contributed by atoms with E-state index in [-0.39, 0.29) is 36.1 Å². The largest absolute Gasteiger partial charge is 0.423 e. The Morgan fingerprint density at radius 2 is 2.00 bits per heavy atom. The number of carbonyl (C=O) groups excluding carboxylic acids is 1. The Morgan fingerprint density at radius 1 is 1.32 bits per heavy atom. The predicted octanol–water partition coefficient (Wildman–Crippen LogP) is 4.38. The summed E-state index contributed by atoms with van der Waals surface area (Å²) in [6.45, 7) is 9.87. The molecule has 1 amide bonds. The molecule has 40 heavy (non-hydrogen) atoms. The van der Waals surface area contributed by atoms with Gasteiger partial charge in [-0.1, -0.05) is 32.2 Å². The van der Waals surface area contributed by atoms with Crippen LogP contribution < -0.4 is 20.3 Å². The van der Waals surface area contributed by atoms with Gasteiger partial charge >= 0.3 is 6.04 Å². The second kappa shape index (κ2) is 11.5. The smallest absolute Gasteiger partial charge is 0.404 e. The molecule has 2 aliphatic rings. The molecule has 0 aliphatic carbocycles. The number of rotatable bonds is 9. The Kier molecular flexibility index (Phi) is 8.57. The number of fused-ring (bicyclic) bond motifs is 1. The molecule has 1 aromatic carbocycles. The summed E-state index contributed by atoms with van der Waals surface area (Å²) in [4.78, 5) is 33.5. The Balaban J connectivity index is 1.46. The van der Waals surface area contributed by atoms with Gasteiger partial charge in [0.1, 0.15) is 5.69 Å². The van der Waals surface area contributed by atoms with Crippen LogP contribution in [0, 0.1) is 0 Å². The number of alkyl halides is 3. The quantitative estimate of drug-likeness (QED) is 0.373. The molecule has 3 heterocycles. The number of piperidine rings is 1. The SMILES string of the molecule is C=C(NC(=O)C(C)N1CCC(F)(F)C(c2c[nH]c(=O)c(CO)n2)C1)Sc1cc2c(cc1C(C)CC)OC(C)(F)O2. The maximum absolute atomic E-state index is 14.9. The van der Waals surface area contributed by atoms with E-state index in [9.17, 15) is 27.9 Å². The number of amides is 1. The lowest BCUT2D eigenvalue weighted by atomic mass is 9.89. The first kappa shape index (κ1) is 29.9. The molecule has 0 saturated carbocycles. The second-order valence-corrected chi connectivity index (χ2v) is 11.3. The first-order chi connectivity index (χ1) is 18.7. The third kappa shape index (κ3) is 6.31. The van der Waals surface area contributed by atoms with Gasteiger partial charge in [0.15, 0.2) is 11.5 Å². The molecule has 2 aliphatic heterocycles. The van der Waals surface area contributed by atoms with Crippen LogP contribution in [0.4, 0.5) is 13.2 Å². The summed E-state index contributed by atoms with van der Waals surface area (Å²) in [5.74, 6) is -4.30. The zero-order valence-electron chi connectivity index (χ0n) is 22.7. The van der Waals surface area contributed by atoms with Crippen LogP contribution in [0.2, 0.25) is 0 Å². The van der Waals surface area contributed by atoms with Crippen LogP contribution in [-0.4, -0.2) is 57.0 Å². The van der Waals surface area contributed by atoms with Gasteiger partial charge in [0.25, 0.3) is 11.5 Å². The molecule has 1 fully saturated rings. The number of benzene rings is 1. The predicted molar refractivity (Wildman–Crippen MR) is 143 cm³/mol. The van der Waals surface area contributed by atoms with E-state index in [0.717, 1.165) is 18.2 Å². The fraction of sp³-hybridized carbons (Fsp3) is 0.519. The summed E-state index contributed by atoms with van der Waals surface area (Å²) >= 11 is 1.18.